The Hall–Kier alpha value is -2.12. The first-order chi connectivity index (χ1) is 10.1. The highest BCUT2D eigenvalue weighted by Crippen LogP contribution is 2.19. The number of nitrogens with zero attached hydrogens (tertiary/aromatic N) is 5. The van der Waals surface area contributed by atoms with Crippen LogP contribution in [0.3, 0.4) is 0 Å². The van der Waals surface area contributed by atoms with Crippen LogP contribution in [0.15, 0.2) is 30.7 Å². The number of aliphatic hydroxyl groups excluding tert-OH is 1. The lowest BCUT2D eigenvalue weighted by Gasteiger charge is -2.36. The van der Waals surface area contributed by atoms with Gasteiger partial charge in [0.1, 0.15) is 12.0 Å². The van der Waals surface area contributed by atoms with Crippen molar-refractivity contribution in [2.75, 3.05) is 20.1 Å². The molecule has 1 fully saturated rings. The molecule has 1 N–H and O–H groups in total. The van der Waals surface area contributed by atoms with E-state index in [-0.39, 0.29) is 5.91 Å². The molecule has 2 aromatic heterocycles. The molecule has 7 nitrogen and oxygen atoms in total. The molecule has 1 aliphatic rings. The molecule has 0 saturated carbocycles. The smallest absolute Gasteiger partial charge is 0.239 e. The summed E-state index contributed by atoms with van der Waals surface area (Å²) in [5.41, 5.74) is 0.908. The molecular weight excluding hydrogens is 270 g/mol. The summed E-state index contributed by atoms with van der Waals surface area (Å²) in [5, 5.41) is 14.4. The molecule has 1 atom stereocenters. The van der Waals surface area contributed by atoms with Gasteiger partial charge >= 0.3 is 0 Å². The maximum absolute atomic E-state index is 12.1. The lowest BCUT2D eigenvalue weighted by atomic mass is 10.2. The van der Waals surface area contributed by atoms with Crippen molar-refractivity contribution in [3.8, 4) is 5.82 Å². The Balaban J connectivity index is 1.87. The Labute approximate surface area is 123 Å². The molecule has 1 unspecified atom stereocenters. The van der Waals surface area contributed by atoms with E-state index in [9.17, 15) is 9.90 Å². The lowest BCUT2D eigenvalue weighted by molar-refractivity contribution is -0.152. The van der Waals surface area contributed by atoms with E-state index in [4.69, 9.17) is 0 Å². The van der Waals surface area contributed by atoms with Gasteiger partial charge in [0.2, 0.25) is 5.91 Å². The van der Waals surface area contributed by atoms with Crippen molar-refractivity contribution >= 4 is 5.91 Å². The molecule has 3 heterocycles. The summed E-state index contributed by atoms with van der Waals surface area (Å²) in [5.74, 6) is 0.831. The molecule has 21 heavy (non-hydrogen) atoms. The fourth-order valence-electron chi connectivity index (χ4n) is 2.70. The molecule has 7 heteroatoms. The van der Waals surface area contributed by atoms with Gasteiger partial charge in [0.15, 0.2) is 0 Å². The van der Waals surface area contributed by atoms with Crippen LogP contribution < -0.4 is 0 Å². The van der Waals surface area contributed by atoms with E-state index in [1.165, 1.54) is 4.90 Å². The van der Waals surface area contributed by atoms with E-state index in [1.54, 1.807) is 10.9 Å². The number of hydrogen-bond acceptors (Lipinski definition) is 4. The SMILES string of the molecule is CN1CC(=O)N(Cc2cnn(C)c2-n2cccc2)C(O)C1. The number of rotatable bonds is 3. The number of amides is 1. The fraction of sp³-hybridized carbons (Fsp3) is 0.429. The minimum Gasteiger partial charge on any atom is -0.372 e. The second-order valence-electron chi connectivity index (χ2n) is 5.41. The van der Waals surface area contributed by atoms with Gasteiger partial charge in [0, 0.05) is 31.5 Å². The van der Waals surface area contributed by atoms with Gasteiger partial charge in [-0.25, -0.2) is 0 Å². The van der Waals surface area contributed by atoms with Crippen molar-refractivity contribution in [1.82, 2.24) is 24.1 Å². The second kappa shape index (κ2) is 5.34. The molecular formula is C14H19N5O2. The number of β-amino-alcohol motifs (C(OH)–C–C–N with tert-alkyl or cyclic N) is 1. The van der Waals surface area contributed by atoms with E-state index < -0.39 is 6.23 Å². The van der Waals surface area contributed by atoms with Crippen molar-refractivity contribution in [1.29, 1.82) is 0 Å². The Kier molecular flexibility index (Phi) is 3.52. The molecule has 0 spiro atoms. The van der Waals surface area contributed by atoms with Gasteiger partial charge in [-0.05, 0) is 19.2 Å². The van der Waals surface area contributed by atoms with Crippen molar-refractivity contribution in [3.63, 3.8) is 0 Å². The van der Waals surface area contributed by atoms with E-state index in [0.717, 1.165) is 11.4 Å². The lowest BCUT2D eigenvalue weighted by Crippen LogP contribution is -2.54. The first-order valence-electron chi connectivity index (χ1n) is 6.86. The van der Waals surface area contributed by atoms with Crippen LogP contribution in [0.5, 0.6) is 0 Å². The summed E-state index contributed by atoms with van der Waals surface area (Å²) in [6, 6.07) is 3.87. The zero-order valence-electron chi connectivity index (χ0n) is 12.2. The third-order valence-electron chi connectivity index (χ3n) is 3.73. The van der Waals surface area contributed by atoms with Crippen LogP contribution in [-0.4, -0.2) is 61.5 Å². The van der Waals surface area contributed by atoms with E-state index in [2.05, 4.69) is 5.10 Å². The molecule has 2 aromatic rings. The molecule has 0 aromatic carbocycles. The van der Waals surface area contributed by atoms with Crippen molar-refractivity contribution < 1.29 is 9.90 Å². The van der Waals surface area contributed by atoms with Gasteiger partial charge in [-0.1, -0.05) is 0 Å². The van der Waals surface area contributed by atoms with E-state index >= 15 is 0 Å². The Morgan fingerprint density at radius 3 is 2.71 bits per heavy atom. The monoisotopic (exact) mass is 289 g/mol. The number of piperazine rings is 1. The number of aliphatic hydroxyl groups is 1. The summed E-state index contributed by atoms with van der Waals surface area (Å²) < 4.78 is 3.72. The Morgan fingerprint density at radius 2 is 2.05 bits per heavy atom. The minimum atomic E-state index is -0.783. The quantitative estimate of drug-likeness (QED) is 0.850. The first-order valence-corrected chi connectivity index (χ1v) is 6.86. The van der Waals surface area contributed by atoms with Gasteiger partial charge in [-0.3, -0.25) is 14.4 Å². The largest absolute Gasteiger partial charge is 0.372 e. The van der Waals surface area contributed by atoms with Gasteiger partial charge in [0.05, 0.1) is 19.3 Å². The molecule has 1 amide bonds. The maximum Gasteiger partial charge on any atom is 0.239 e. The maximum atomic E-state index is 12.1. The topological polar surface area (TPSA) is 66.5 Å². The van der Waals surface area contributed by atoms with Crippen molar-refractivity contribution in [2.45, 2.75) is 12.8 Å². The van der Waals surface area contributed by atoms with Crippen LogP contribution in [0, 0.1) is 0 Å². The van der Waals surface area contributed by atoms with Crippen molar-refractivity contribution in [2.24, 2.45) is 7.05 Å². The number of carbonyl (C=O) groups is 1. The molecule has 1 aliphatic heterocycles. The predicted molar refractivity (Wildman–Crippen MR) is 76.6 cm³/mol. The summed E-state index contributed by atoms with van der Waals surface area (Å²) in [4.78, 5) is 15.4. The molecule has 112 valence electrons. The van der Waals surface area contributed by atoms with Crippen molar-refractivity contribution in [3.05, 3.63) is 36.3 Å². The highest BCUT2D eigenvalue weighted by molar-refractivity contribution is 5.79. The highest BCUT2D eigenvalue weighted by atomic mass is 16.3. The highest BCUT2D eigenvalue weighted by Gasteiger charge is 2.30. The minimum absolute atomic E-state index is 0.0708. The van der Waals surface area contributed by atoms with Crippen LogP contribution in [-0.2, 0) is 18.4 Å². The third-order valence-corrected chi connectivity index (χ3v) is 3.73. The number of likely N-dealkylation sites (N-methyl/N-ethyl adjacent to an activating group) is 1. The Morgan fingerprint density at radius 1 is 1.33 bits per heavy atom. The summed E-state index contributed by atoms with van der Waals surface area (Å²) in [6.45, 7) is 1.15. The van der Waals surface area contributed by atoms with Crippen LogP contribution >= 0.6 is 0 Å². The number of aromatic nitrogens is 3. The first kappa shape index (κ1) is 13.8. The zero-order chi connectivity index (χ0) is 15.0. The van der Waals surface area contributed by atoms with Gasteiger partial charge in [0.25, 0.3) is 0 Å². The molecule has 0 radical (unpaired) electrons. The molecule has 0 aliphatic carbocycles. The summed E-state index contributed by atoms with van der Waals surface area (Å²) in [7, 11) is 3.69. The molecule has 1 saturated heterocycles. The molecule has 0 bridgehead atoms. The Bertz CT molecular complexity index is 634. The normalized spacial score (nSPS) is 20.2. The van der Waals surface area contributed by atoms with Crippen LogP contribution in [0.2, 0.25) is 0 Å². The van der Waals surface area contributed by atoms with Gasteiger partial charge in [-0.2, -0.15) is 5.10 Å². The number of aryl methyl sites for hydroxylation is 1. The average Bonchev–Trinajstić information content (AvgIpc) is 3.03. The molecule has 3 rings (SSSR count). The van der Waals surface area contributed by atoms with Gasteiger partial charge < -0.3 is 14.6 Å². The van der Waals surface area contributed by atoms with Crippen LogP contribution in [0.25, 0.3) is 5.82 Å². The number of hydrogen-bond donors (Lipinski definition) is 1. The van der Waals surface area contributed by atoms with Gasteiger partial charge in [-0.15, -0.1) is 0 Å². The van der Waals surface area contributed by atoms with E-state index in [1.807, 2.05) is 48.1 Å². The fourth-order valence-corrected chi connectivity index (χ4v) is 2.70. The number of carbonyl (C=O) groups excluding carboxylic acids is 1. The summed E-state index contributed by atoms with van der Waals surface area (Å²) >= 11 is 0. The zero-order valence-corrected chi connectivity index (χ0v) is 12.2. The van der Waals surface area contributed by atoms with Crippen LogP contribution in [0.1, 0.15) is 5.56 Å². The van der Waals surface area contributed by atoms with E-state index in [0.29, 0.717) is 19.6 Å². The second-order valence-corrected chi connectivity index (χ2v) is 5.41. The third kappa shape index (κ3) is 2.57. The standard InChI is InChI=1S/C14H19N5O2/c1-16-9-12(20)19(13(21)10-16)8-11-7-15-17(2)14(11)18-5-3-4-6-18/h3-7,12,20H,8-10H2,1-2H3. The average molecular weight is 289 g/mol. The predicted octanol–water partition coefficient (Wildman–Crippen LogP) is -0.197. The van der Waals surface area contributed by atoms with Crippen LogP contribution in [0.4, 0.5) is 0 Å². The summed E-state index contributed by atoms with van der Waals surface area (Å²) in [6.07, 6.45) is 4.83.